The summed E-state index contributed by atoms with van der Waals surface area (Å²) in [7, 11) is -3.85. The van der Waals surface area contributed by atoms with E-state index in [0.29, 0.717) is 17.1 Å². The van der Waals surface area contributed by atoms with Crippen molar-refractivity contribution in [3.63, 3.8) is 0 Å². The van der Waals surface area contributed by atoms with E-state index in [1.807, 2.05) is 13.0 Å². The Morgan fingerprint density at radius 3 is 2.25 bits per heavy atom. The van der Waals surface area contributed by atoms with Crippen molar-refractivity contribution in [1.29, 1.82) is 0 Å². The fourth-order valence-electron chi connectivity index (χ4n) is 3.70. The number of rotatable bonds is 6. The number of amides is 3. The molecule has 3 aromatic rings. The second kappa shape index (κ2) is 9.57. The lowest BCUT2D eigenvalue weighted by Crippen LogP contribution is -2.32. The monoisotopic (exact) mass is 524 g/mol. The largest absolute Gasteiger partial charge is 0.350 e. The van der Waals surface area contributed by atoms with Crippen LogP contribution in [0.25, 0.3) is 0 Å². The van der Waals surface area contributed by atoms with E-state index in [2.05, 4.69) is 10.6 Å². The van der Waals surface area contributed by atoms with Crippen LogP contribution in [0.1, 0.15) is 21.5 Å². The molecule has 4 rings (SSSR count). The minimum atomic E-state index is -3.85. The molecule has 3 amide bonds. The summed E-state index contributed by atoms with van der Waals surface area (Å²) in [6.45, 7) is 3.71. The molecule has 9 nitrogen and oxygen atoms in total. The maximum atomic E-state index is 13.1. The van der Waals surface area contributed by atoms with Gasteiger partial charge in [-0.3, -0.25) is 14.4 Å². The van der Waals surface area contributed by atoms with Crippen LogP contribution in [0.4, 0.5) is 17.1 Å². The smallest absolute Gasteiger partial charge is 0.283 e. The van der Waals surface area contributed by atoms with E-state index >= 15 is 0 Å². The molecule has 4 N–H and O–H groups in total. The van der Waals surface area contributed by atoms with Gasteiger partial charge in [-0.05, 0) is 67.9 Å². The number of primary sulfonamides is 1. The van der Waals surface area contributed by atoms with E-state index in [1.165, 1.54) is 30.3 Å². The molecule has 0 aliphatic carbocycles. The molecule has 3 aromatic carbocycles. The molecule has 0 aromatic heterocycles. The average molecular weight is 525 g/mol. The van der Waals surface area contributed by atoms with Crippen LogP contribution in [0, 0.1) is 13.8 Å². The summed E-state index contributed by atoms with van der Waals surface area (Å²) in [4.78, 5) is 39.5. The van der Waals surface area contributed by atoms with Gasteiger partial charge in [0.2, 0.25) is 10.0 Å². The van der Waals surface area contributed by atoms with Gasteiger partial charge in [0.15, 0.2) is 0 Å². The number of sulfonamides is 1. The summed E-state index contributed by atoms with van der Waals surface area (Å²) < 4.78 is 22.8. The summed E-state index contributed by atoms with van der Waals surface area (Å²) in [6, 6.07) is 17.0. The van der Waals surface area contributed by atoms with E-state index in [9.17, 15) is 22.8 Å². The van der Waals surface area contributed by atoms with Crippen LogP contribution in [-0.2, 0) is 19.6 Å². The van der Waals surface area contributed by atoms with Crippen molar-refractivity contribution in [2.45, 2.75) is 18.7 Å². The number of aryl methyl sites for hydroxylation is 2. The molecule has 0 atom stereocenters. The van der Waals surface area contributed by atoms with Gasteiger partial charge in [0.05, 0.1) is 10.6 Å². The van der Waals surface area contributed by atoms with Crippen LogP contribution in [0.3, 0.4) is 0 Å². The van der Waals surface area contributed by atoms with Crippen LogP contribution in [-0.4, -0.2) is 26.1 Å². The molecule has 0 radical (unpaired) electrons. The number of hydrogen-bond donors (Lipinski definition) is 3. The van der Waals surface area contributed by atoms with Crippen molar-refractivity contribution < 1.29 is 22.8 Å². The maximum absolute atomic E-state index is 13.1. The van der Waals surface area contributed by atoms with Crippen LogP contribution in [0.15, 0.2) is 82.4 Å². The number of benzene rings is 3. The molecular weight excluding hydrogens is 504 g/mol. The highest BCUT2D eigenvalue weighted by Gasteiger charge is 2.39. The third kappa shape index (κ3) is 5.01. The van der Waals surface area contributed by atoms with Crippen molar-refractivity contribution in [3.05, 3.63) is 94.1 Å². The van der Waals surface area contributed by atoms with Crippen molar-refractivity contribution >= 4 is 56.4 Å². The van der Waals surface area contributed by atoms with Gasteiger partial charge >= 0.3 is 0 Å². The topological polar surface area (TPSA) is 139 Å². The number of anilines is 3. The second-order valence-electron chi connectivity index (χ2n) is 8.15. The third-order valence-corrected chi connectivity index (χ3v) is 6.74. The van der Waals surface area contributed by atoms with Crippen molar-refractivity contribution in [2.24, 2.45) is 5.14 Å². The van der Waals surface area contributed by atoms with E-state index in [0.717, 1.165) is 16.0 Å². The first-order chi connectivity index (χ1) is 17.0. The van der Waals surface area contributed by atoms with Crippen molar-refractivity contribution in [2.75, 3.05) is 15.5 Å². The van der Waals surface area contributed by atoms with Gasteiger partial charge in [-0.15, -0.1) is 0 Å². The Labute approximate surface area is 212 Å². The standard InChI is InChI=1S/C25H21ClN4O5S/c1-14-6-11-20(15(2)12-14)30-24(32)21(26)22(25(30)33)28-18-5-3-4-16(13-18)23(31)29-17-7-9-19(10-8-17)36(27,34)35/h3-13,28H,1-2H3,(H,29,31)(H2,27,34,35). The first-order valence-electron chi connectivity index (χ1n) is 10.6. The molecule has 0 unspecified atom stereocenters. The molecule has 0 fully saturated rings. The maximum Gasteiger partial charge on any atom is 0.283 e. The fraction of sp³-hybridized carbons (Fsp3) is 0.0800. The van der Waals surface area contributed by atoms with Gasteiger partial charge in [-0.1, -0.05) is 35.4 Å². The Bertz CT molecular complexity index is 1550. The number of imide groups is 1. The minimum absolute atomic E-state index is 0.0810. The summed E-state index contributed by atoms with van der Waals surface area (Å²) in [6.07, 6.45) is 0. The highest BCUT2D eigenvalue weighted by molar-refractivity contribution is 7.89. The number of nitrogens with zero attached hydrogens (tertiary/aromatic N) is 1. The van der Waals surface area contributed by atoms with Crippen LogP contribution >= 0.6 is 11.6 Å². The molecule has 1 aliphatic rings. The highest BCUT2D eigenvalue weighted by Crippen LogP contribution is 2.32. The quantitative estimate of drug-likeness (QED) is 0.421. The zero-order chi connectivity index (χ0) is 26.2. The van der Waals surface area contributed by atoms with Gasteiger partial charge in [0.25, 0.3) is 17.7 Å². The highest BCUT2D eigenvalue weighted by atomic mass is 35.5. The number of carbonyl (C=O) groups is 3. The van der Waals surface area contributed by atoms with Crippen LogP contribution in [0.5, 0.6) is 0 Å². The Kier molecular flexibility index (Phi) is 6.68. The van der Waals surface area contributed by atoms with Gasteiger partial charge in [0.1, 0.15) is 10.7 Å². The molecule has 0 bridgehead atoms. The predicted octanol–water partition coefficient (Wildman–Crippen LogP) is 3.64. The zero-order valence-corrected chi connectivity index (χ0v) is 20.8. The van der Waals surface area contributed by atoms with Crippen molar-refractivity contribution in [1.82, 2.24) is 0 Å². The average Bonchev–Trinajstić information content (AvgIpc) is 3.02. The molecule has 1 heterocycles. The van der Waals surface area contributed by atoms with E-state index in [1.54, 1.807) is 37.3 Å². The molecule has 0 saturated heterocycles. The zero-order valence-electron chi connectivity index (χ0n) is 19.2. The Hall–Kier alpha value is -3.99. The summed E-state index contributed by atoms with van der Waals surface area (Å²) in [5.41, 5.74) is 3.04. The van der Waals surface area contributed by atoms with Gasteiger partial charge < -0.3 is 10.6 Å². The molecule has 0 spiro atoms. The normalized spacial score (nSPS) is 13.8. The molecule has 36 heavy (non-hydrogen) atoms. The van der Waals surface area contributed by atoms with E-state index < -0.39 is 27.7 Å². The number of carbonyl (C=O) groups excluding carboxylic acids is 3. The number of nitrogens with one attached hydrogen (secondary N) is 2. The molecular formula is C25H21ClN4O5S. The summed E-state index contributed by atoms with van der Waals surface area (Å²) in [5, 5.41) is 10.3. The lowest BCUT2D eigenvalue weighted by molar-refractivity contribution is -0.120. The first kappa shape index (κ1) is 25.1. The van der Waals surface area contributed by atoms with Gasteiger partial charge in [0, 0.05) is 16.9 Å². The number of halogens is 1. The molecule has 184 valence electrons. The van der Waals surface area contributed by atoms with Crippen LogP contribution < -0.4 is 20.7 Å². The molecule has 11 heteroatoms. The molecule has 1 aliphatic heterocycles. The van der Waals surface area contributed by atoms with Gasteiger partial charge in [-0.25, -0.2) is 18.5 Å². The fourth-order valence-corrected chi connectivity index (χ4v) is 4.43. The summed E-state index contributed by atoms with van der Waals surface area (Å²) >= 11 is 6.23. The first-order valence-corrected chi connectivity index (χ1v) is 12.6. The predicted molar refractivity (Wildman–Crippen MR) is 137 cm³/mol. The summed E-state index contributed by atoms with van der Waals surface area (Å²) in [5.74, 6) is -1.73. The number of nitrogens with two attached hydrogens (primary N) is 1. The Morgan fingerprint density at radius 2 is 1.61 bits per heavy atom. The Morgan fingerprint density at radius 1 is 0.917 bits per heavy atom. The number of hydrogen-bond acceptors (Lipinski definition) is 6. The lowest BCUT2D eigenvalue weighted by Gasteiger charge is -2.18. The second-order valence-corrected chi connectivity index (χ2v) is 10.1. The third-order valence-electron chi connectivity index (χ3n) is 5.46. The molecule has 0 saturated carbocycles. The lowest BCUT2D eigenvalue weighted by atomic mass is 10.1. The van der Waals surface area contributed by atoms with Crippen LogP contribution in [0.2, 0.25) is 0 Å². The van der Waals surface area contributed by atoms with E-state index in [4.69, 9.17) is 16.7 Å². The van der Waals surface area contributed by atoms with Crippen molar-refractivity contribution in [3.8, 4) is 0 Å². The minimum Gasteiger partial charge on any atom is -0.350 e. The van der Waals surface area contributed by atoms with Gasteiger partial charge in [-0.2, -0.15) is 0 Å². The van der Waals surface area contributed by atoms with E-state index in [-0.39, 0.29) is 21.2 Å². The Balaban J connectivity index is 1.52. The SMILES string of the molecule is Cc1ccc(N2C(=O)C(Cl)=C(Nc3cccc(C(=O)Nc4ccc(S(N)(=O)=O)cc4)c3)C2=O)c(C)c1.